The van der Waals surface area contributed by atoms with Crippen LogP contribution in [0.4, 0.5) is 27.6 Å². The third-order valence-electron chi connectivity index (χ3n) is 6.05. The highest BCUT2D eigenvalue weighted by molar-refractivity contribution is 5.95. The van der Waals surface area contributed by atoms with Gasteiger partial charge in [0.1, 0.15) is 6.10 Å². The summed E-state index contributed by atoms with van der Waals surface area (Å²) >= 11 is 0. The second-order valence-electron chi connectivity index (χ2n) is 8.08. The summed E-state index contributed by atoms with van der Waals surface area (Å²) in [5.41, 5.74) is -2.49. The van der Waals surface area contributed by atoms with Gasteiger partial charge in [0.15, 0.2) is 17.2 Å². The smallest absolute Gasteiger partial charge is 0.417 e. The number of aliphatic hydroxyl groups is 1. The highest BCUT2D eigenvalue weighted by Gasteiger charge is 2.65. The Labute approximate surface area is 186 Å². The van der Waals surface area contributed by atoms with E-state index in [-0.39, 0.29) is 16.9 Å². The van der Waals surface area contributed by atoms with Gasteiger partial charge in [-0.3, -0.25) is 9.78 Å². The van der Waals surface area contributed by atoms with Crippen LogP contribution in [0.5, 0.6) is 5.75 Å². The van der Waals surface area contributed by atoms with Gasteiger partial charge in [-0.15, -0.1) is 0 Å². The number of alkyl halides is 3. The molecule has 6 nitrogen and oxygen atoms in total. The Morgan fingerprint density at radius 2 is 1.97 bits per heavy atom. The van der Waals surface area contributed by atoms with Gasteiger partial charge in [0.2, 0.25) is 5.82 Å². The molecule has 1 aliphatic rings. The number of ether oxygens (including phenoxy) is 2. The molecule has 5 atom stereocenters. The summed E-state index contributed by atoms with van der Waals surface area (Å²) in [5, 5.41) is 12.1. The van der Waals surface area contributed by atoms with Gasteiger partial charge in [0.25, 0.3) is 5.91 Å². The topological polar surface area (TPSA) is 80.7 Å². The zero-order chi connectivity index (χ0) is 24.7. The van der Waals surface area contributed by atoms with Crippen LogP contribution < -0.4 is 10.1 Å². The van der Waals surface area contributed by atoms with Crippen LogP contribution in [0.3, 0.4) is 0 Å². The summed E-state index contributed by atoms with van der Waals surface area (Å²) in [7, 11) is 1.05. The number of benzene rings is 1. The zero-order valence-electron chi connectivity index (χ0n) is 18.2. The van der Waals surface area contributed by atoms with Crippen molar-refractivity contribution in [2.75, 3.05) is 12.4 Å². The van der Waals surface area contributed by atoms with E-state index in [1.165, 1.54) is 32.2 Å². The minimum absolute atomic E-state index is 0.128. The Morgan fingerprint density at radius 1 is 1.30 bits per heavy atom. The Kier molecular flexibility index (Phi) is 6.67. The van der Waals surface area contributed by atoms with E-state index in [9.17, 15) is 31.9 Å². The molecule has 3 unspecified atom stereocenters. The highest BCUT2D eigenvalue weighted by atomic mass is 19.4. The molecule has 1 aromatic heterocycles. The number of methoxy groups -OCH3 is 1. The number of hydrogen-bond acceptors (Lipinski definition) is 5. The number of hydrogen-bond donors (Lipinski definition) is 2. The zero-order valence-corrected chi connectivity index (χ0v) is 18.2. The van der Waals surface area contributed by atoms with Crippen molar-refractivity contribution < 1.29 is 41.3 Å². The lowest BCUT2D eigenvalue weighted by molar-refractivity contribution is -0.272. The quantitative estimate of drug-likeness (QED) is 0.624. The van der Waals surface area contributed by atoms with Gasteiger partial charge >= 0.3 is 6.18 Å². The molecule has 1 amide bonds. The van der Waals surface area contributed by atoms with Crippen molar-refractivity contribution in [3.05, 3.63) is 53.4 Å². The molecular weight excluding hydrogens is 451 g/mol. The number of pyridine rings is 1. The van der Waals surface area contributed by atoms with Gasteiger partial charge in [-0.05, 0) is 32.0 Å². The molecular formula is C22H23F5N2O4. The number of amides is 1. The number of nitrogens with zero attached hydrogens (tertiary/aromatic N) is 1. The minimum atomic E-state index is -4.86. The molecule has 0 aliphatic carbocycles. The molecule has 3 rings (SSSR count). The monoisotopic (exact) mass is 474 g/mol. The maximum atomic E-state index is 14.4. The van der Waals surface area contributed by atoms with E-state index in [1.54, 1.807) is 0 Å². The molecule has 1 saturated heterocycles. The van der Waals surface area contributed by atoms with E-state index in [0.29, 0.717) is 0 Å². The average Bonchev–Trinajstić information content (AvgIpc) is 3.02. The van der Waals surface area contributed by atoms with Gasteiger partial charge in [-0.1, -0.05) is 13.0 Å². The van der Waals surface area contributed by atoms with Gasteiger partial charge in [-0.2, -0.15) is 17.6 Å². The summed E-state index contributed by atoms with van der Waals surface area (Å²) in [5.74, 6) is -6.84. The molecule has 0 bridgehead atoms. The molecule has 0 radical (unpaired) electrons. The fourth-order valence-corrected chi connectivity index (χ4v) is 4.01. The summed E-state index contributed by atoms with van der Waals surface area (Å²) in [6, 6.07) is 4.59. The molecule has 1 fully saturated rings. The molecule has 2 aromatic rings. The molecule has 2 N–H and O–H groups in total. The number of aliphatic hydroxyl groups excluding tert-OH is 1. The first-order chi connectivity index (χ1) is 15.3. The van der Waals surface area contributed by atoms with E-state index in [4.69, 9.17) is 9.47 Å². The SMILES string of the molecule is COc1c(C2C(C(=O)Nc3ccnc(C(C)O)c3)O[C@](C)(C(F)(F)F)[C@@H]2C)ccc(F)c1F. The predicted octanol–water partition coefficient (Wildman–Crippen LogP) is 4.50. The molecule has 180 valence electrons. The van der Waals surface area contributed by atoms with Crippen molar-refractivity contribution in [2.24, 2.45) is 5.92 Å². The third kappa shape index (κ3) is 4.39. The lowest BCUT2D eigenvalue weighted by atomic mass is 9.77. The molecule has 2 heterocycles. The number of aromatic nitrogens is 1. The number of rotatable bonds is 5. The van der Waals surface area contributed by atoms with Gasteiger partial charge in [0, 0.05) is 29.3 Å². The standard InChI is InChI=1S/C22H23F5N2O4/c1-10-16(13-5-6-14(23)17(24)18(13)32-4)19(33-21(10,3)22(25,26)27)20(31)29-12-7-8-28-15(9-12)11(2)30/h5-11,16,19,30H,1-4H3,(H,28,29,31)/t10-,11?,16?,19?,21+/m1/s1. The third-order valence-corrected chi connectivity index (χ3v) is 6.05. The molecule has 0 spiro atoms. The van der Waals surface area contributed by atoms with Crippen LogP contribution in [0, 0.1) is 17.6 Å². The van der Waals surface area contributed by atoms with Gasteiger partial charge < -0.3 is 19.9 Å². The Bertz CT molecular complexity index is 1050. The van der Waals surface area contributed by atoms with E-state index in [0.717, 1.165) is 26.2 Å². The van der Waals surface area contributed by atoms with E-state index >= 15 is 0 Å². The van der Waals surface area contributed by atoms with Crippen LogP contribution in [0.15, 0.2) is 30.5 Å². The first kappa shape index (κ1) is 24.8. The highest BCUT2D eigenvalue weighted by Crippen LogP contribution is 2.55. The number of carbonyl (C=O) groups excluding carboxylic acids is 1. The Hall–Kier alpha value is -2.79. The van der Waals surface area contributed by atoms with Crippen molar-refractivity contribution in [3.8, 4) is 5.75 Å². The van der Waals surface area contributed by atoms with Crippen molar-refractivity contribution in [3.63, 3.8) is 0 Å². The van der Waals surface area contributed by atoms with Gasteiger partial charge in [0.05, 0.1) is 18.9 Å². The van der Waals surface area contributed by atoms with Crippen molar-refractivity contribution in [1.29, 1.82) is 0 Å². The summed E-state index contributed by atoms with van der Waals surface area (Å²) in [6.07, 6.45) is -6.21. The number of nitrogens with one attached hydrogen (secondary N) is 1. The van der Waals surface area contributed by atoms with Crippen molar-refractivity contribution in [2.45, 2.75) is 50.7 Å². The summed E-state index contributed by atoms with van der Waals surface area (Å²) in [6.45, 7) is 3.49. The first-order valence-corrected chi connectivity index (χ1v) is 10.0. The second kappa shape index (κ2) is 8.86. The summed E-state index contributed by atoms with van der Waals surface area (Å²) in [4.78, 5) is 17.0. The molecule has 11 heteroatoms. The first-order valence-electron chi connectivity index (χ1n) is 10.0. The van der Waals surface area contributed by atoms with Crippen LogP contribution in [0.2, 0.25) is 0 Å². The van der Waals surface area contributed by atoms with Crippen LogP contribution in [-0.4, -0.2) is 41.0 Å². The molecule has 0 saturated carbocycles. The van der Waals surface area contributed by atoms with E-state index < -0.39 is 59.1 Å². The largest absolute Gasteiger partial charge is 0.493 e. The molecule has 1 aromatic carbocycles. The van der Waals surface area contributed by atoms with E-state index in [1.807, 2.05) is 0 Å². The Morgan fingerprint density at radius 3 is 2.55 bits per heavy atom. The van der Waals surface area contributed by atoms with E-state index in [2.05, 4.69) is 10.3 Å². The lowest BCUT2D eigenvalue weighted by Gasteiger charge is -2.32. The lowest BCUT2D eigenvalue weighted by Crippen LogP contribution is -2.47. The van der Waals surface area contributed by atoms with Crippen LogP contribution in [-0.2, 0) is 9.53 Å². The summed E-state index contributed by atoms with van der Waals surface area (Å²) < 4.78 is 80.2. The minimum Gasteiger partial charge on any atom is -0.493 e. The average molecular weight is 474 g/mol. The maximum absolute atomic E-state index is 14.4. The number of halogens is 5. The predicted molar refractivity (Wildman–Crippen MR) is 108 cm³/mol. The van der Waals surface area contributed by atoms with Crippen molar-refractivity contribution >= 4 is 11.6 Å². The number of anilines is 1. The fraction of sp³-hybridized carbons (Fsp3) is 0.455. The Balaban J connectivity index is 2.07. The fourth-order valence-electron chi connectivity index (χ4n) is 4.01. The van der Waals surface area contributed by atoms with Crippen LogP contribution >= 0.6 is 0 Å². The van der Waals surface area contributed by atoms with Crippen LogP contribution in [0.25, 0.3) is 0 Å². The van der Waals surface area contributed by atoms with Crippen LogP contribution in [0.1, 0.15) is 44.1 Å². The molecule has 33 heavy (non-hydrogen) atoms. The van der Waals surface area contributed by atoms with Crippen molar-refractivity contribution in [1.82, 2.24) is 4.98 Å². The molecule has 1 aliphatic heterocycles. The normalized spacial score (nSPS) is 26.2. The second-order valence-corrected chi connectivity index (χ2v) is 8.08. The maximum Gasteiger partial charge on any atom is 0.417 e. The van der Waals surface area contributed by atoms with Gasteiger partial charge in [-0.25, -0.2) is 4.39 Å². The number of carbonyl (C=O) groups is 1.